The lowest BCUT2D eigenvalue weighted by Crippen LogP contribution is -2.34. The molecular weight excluding hydrogens is 429 g/mol. The fraction of sp³-hybridized carbons (Fsp3) is 0.217. The lowest BCUT2D eigenvalue weighted by molar-refractivity contribution is -0.116. The van der Waals surface area contributed by atoms with Crippen LogP contribution in [-0.2, 0) is 11.3 Å². The minimum absolute atomic E-state index is 0.0939. The molecule has 2 amide bonds. The number of likely N-dealkylation sites (N-methyl/N-ethyl adjacent to an activating group) is 1. The van der Waals surface area contributed by atoms with Crippen LogP contribution in [0.3, 0.4) is 0 Å². The molecule has 164 valence electrons. The van der Waals surface area contributed by atoms with Crippen molar-refractivity contribution in [1.82, 2.24) is 19.7 Å². The molecule has 32 heavy (non-hydrogen) atoms. The predicted octanol–water partition coefficient (Wildman–Crippen LogP) is 4.01. The van der Waals surface area contributed by atoms with E-state index in [1.165, 1.54) is 28.4 Å². The van der Waals surface area contributed by atoms with Crippen LogP contribution in [0.5, 0.6) is 0 Å². The number of hydrogen-bond donors (Lipinski definition) is 1. The number of nitrogens with one attached hydrogen (secondary N) is 1. The van der Waals surface area contributed by atoms with Gasteiger partial charge in [0.05, 0.1) is 23.7 Å². The Morgan fingerprint density at radius 2 is 1.91 bits per heavy atom. The molecule has 0 radical (unpaired) electrons. The van der Waals surface area contributed by atoms with Gasteiger partial charge in [-0.15, -0.1) is 11.3 Å². The van der Waals surface area contributed by atoms with Crippen LogP contribution in [0.2, 0.25) is 0 Å². The van der Waals surface area contributed by atoms with E-state index >= 15 is 0 Å². The van der Waals surface area contributed by atoms with Crippen LogP contribution < -0.4 is 5.32 Å². The molecule has 0 aliphatic heterocycles. The fourth-order valence-corrected chi connectivity index (χ4v) is 4.51. The average molecular weight is 452 g/mol. The molecule has 7 nitrogen and oxygen atoms in total. The van der Waals surface area contributed by atoms with Gasteiger partial charge >= 0.3 is 0 Å². The second-order valence-electron chi connectivity index (χ2n) is 7.63. The van der Waals surface area contributed by atoms with Crippen molar-refractivity contribution in [1.29, 1.82) is 0 Å². The first-order valence-corrected chi connectivity index (χ1v) is 10.8. The number of benzene rings is 1. The summed E-state index contributed by atoms with van der Waals surface area (Å²) in [7, 11) is 1.59. The zero-order chi connectivity index (χ0) is 22.8. The first kappa shape index (κ1) is 21.6. The molecule has 0 spiro atoms. The van der Waals surface area contributed by atoms with Gasteiger partial charge in [-0.2, -0.15) is 5.10 Å². The Hall–Kier alpha value is -3.59. The topological polar surface area (TPSA) is 80.1 Å². The molecule has 0 atom stereocenters. The monoisotopic (exact) mass is 451 g/mol. The van der Waals surface area contributed by atoms with E-state index < -0.39 is 0 Å². The summed E-state index contributed by atoms with van der Waals surface area (Å²) < 4.78 is 15.0. The molecule has 4 rings (SSSR count). The number of nitrogens with zero attached hydrogens (tertiary/aromatic N) is 4. The molecule has 9 heteroatoms. The summed E-state index contributed by atoms with van der Waals surface area (Å²) in [6.07, 6.45) is 1.62. The number of aryl methyl sites for hydroxylation is 2. The van der Waals surface area contributed by atoms with Crippen molar-refractivity contribution in [3.63, 3.8) is 0 Å². The highest BCUT2D eigenvalue weighted by atomic mass is 32.1. The summed E-state index contributed by atoms with van der Waals surface area (Å²) in [5.41, 5.74) is 2.70. The molecule has 0 saturated carbocycles. The highest BCUT2D eigenvalue weighted by Crippen LogP contribution is 2.29. The third-order valence-corrected chi connectivity index (χ3v) is 6.11. The quantitative estimate of drug-likeness (QED) is 0.480. The number of carbonyl (C=O) groups is 2. The number of rotatable bonds is 6. The number of amides is 2. The summed E-state index contributed by atoms with van der Waals surface area (Å²) in [6.45, 7) is 4.17. The number of hydrogen-bond acceptors (Lipinski definition) is 5. The van der Waals surface area contributed by atoms with Gasteiger partial charge in [-0.05, 0) is 55.3 Å². The lowest BCUT2D eigenvalue weighted by Gasteiger charge is -2.15. The van der Waals surface area contributed by atoms with Gasteiger partial charge < -0.3 is 10.2 Å². The van der Waals surface area contributed by atoms with Crippen molar-refractivity contribution < 1.29 is 14.0 Å². The Labute approximate surface area is 188 Å². The summed E-state index contributed by atoms with van der Waals surface area (Å²) in [6, 6.07) is 11.7. The summed E-state index contributed by atoms with van der Waals surface area (Å²) in [5, 5.41) is 8.15. The molecule has 3 aromatic heterocycles. The van der Waals surface area contributed by atoms with Gasteiger partial charge in [0.1, 0.15) is 16.5 Å². The Morgan fingerprint density at radius 3 is 2.62 bits per heavy atom. The highest BCUT2D eigenvalue weighted by Gasteiger charge is 2.21. The SMILES string of the molecule is Cc1ccnc(NC(=O)CN(C)C(=O)c2cc3c(C)nn(Cc4ccc(F)cc4)c3s2)c1. The predicted molar refractivity (Wildman–Crippen MR) is 122 cm³/mol. The molecule has 0 saturated heterocycles. The average Bonchev–Trinajstić information content (AvgIpc) is 3.30. The maximum Gasteiger partial charge on any atom is 0.264 e. The van der Waals surface area contributed by atoms with Crippen molar-refractivity contribution in [3.8, 4) is 0 Å². The van der Waals surface area contributed by atoms with Gasteiger partial charge in [0.2, 0.25) is 5.91 Å². The number of carbonyl (C=O) groups excluding carboxylic acids is 2. The molecule has 1 N–H and O–H groups in total. The second kappa shape index (κ2) is 8.88. The zero-order valence-corrected chi connectivity index (χ0v) is 18.7. The molecule has 3 heterocycles. The Kier molecular flexibility index (Phi) is 6.00. The minimum Gasteiger partial charge on any atom is -0.332 e. The number of halogens is 1. The number of pyridine rings is 1. The van der Waals surface area contributed by atoms with Gasteiger partial charge in [-0.25, -0.2) is 9.37 Å². The van der Waals surface area contributed by atoms with Crippen molar-refractivity contribution in [3.05, 3.63) is 76.2 Å². The number of aromatic nitrogens is 3. The number of fused-ring (bicyclic) bond motifs is 1. The van der Waals surface area contributed by atoms with Crippen molar-refractivity contribution >= 4 is 39.2 Å². The van der Waals surface area contributed by atoms with E-state index in [0.29, 0.717) is 17.2 Å². The van der Waals surface area contributed by atoms with E-state index in [4.69, 9.17) is 0 Å². The van der Waals surface area contributed by atoms with Crippen LogP contribution in [0.4, 0.5) is 10.2 Å². The van der Waals surface area contributed by atoms with Crippen molar-refractivity contribution in [2.75, 3.05) is 18.9 Å². The normalized spacial score (nSPS) is 11.0. The molecule has 0 aliphatic rings. The molecule has 0 bridgehead atoms. The van der Waals surface area contributed by atoms with Gasteiger partial charge in [0.15, 0.2) is 0 Å². The van der Waals surface area contributed by atoms with Gasteiger partial charge in [-0.3, -0.25) is 14.3 Å². The third-order valence-electron chi connectivity index (χ3n) is 4.97. The van der Waals surface area contributed by atoms with E-state index in [2.05, 4.69) is 15.4 Å². The standard InChI is InChI=1S/C23H22FN5O2S/c1-14-8-9-25-20(10-14)26-21(30)13-28(3)22(31)19-11-18-15(2)27-29(23(18)32-19)12-16-4-6-17(24)7-5-16/h4-11H,12-13H2,1-3H3,(H,25,26,30). The van der Waals surface area contributed by atoms with E-state index in [-0.39, 0.29) is 24.2 Å². The Balaban J connectivity index is 1.48. The summed E-state index contributed by atoms with van der Waals surface area (Å²) >= 11 is 1.33. The second-order valence-corrected chi connectivity index (χ2v) is 8.66. The smallest absolute Gasteiger partial charge is 0.264 e. The van der Waals surface area contributed by atoms with Crippen LogP contribution in [0.25, 0.3) is 10.2 Å². The van der Waals surface area contributed by atoms with Gasteiger partial charge in [0, 0.05) is 18.6 Å². The first-order valence-electron chi connectivity index (χ1n) is 9.99. The van der Waals surface area contributed by atoms with E-state index in [1.807, 2.05) is 30.7 Å². The third kappa shape index (κ3) is 4.67. The highest BCUT2D eigenvalue weighted by molar-refractivity contribution is 7.20. The van der Waals surface area contributed by atoms with Gasteiger partial charge in [-0.1, -0.05) is 12.1 Å². The molecular formula is C23H22FN5O2S. The number of thiophene rings is 1. The fourth-order valence-electron chi connectivity index (χ4n) is 3.35. The van der Waals surface area contributed by atoms with E-state index in [0.717, 1.165) is 27.0 Å². The van der Waals surface area contributed by atoms with E-state index in [1.54, 1.807) is 31.4 Å². The lowest BCUT2D eigenvalue weighted by atomic mass is 10.2. The molecule has 1 aromatic carbocycles. The van der Waals surface area contributed by atoms with Crippen molar-refractivity contribution in [2.45, 2.75) is 20.4 Å². The van der Waals surface area contributed by atoms with Gasteiger partial charge in [0.25, 0.3) is 5.91 Å². The van der Waals surface area contributed by atoms with E-state index in [9.17, 15) is 14.0 Å². The Morgan fingerprint density at radius 1 is 1.16 bits per heavy atom. The molecule has 4 aromatic rings. The van der Waals surface area contributed by atoms with Crippen LogP contribution in [0, 0.1) is 19.7 Å². The Bertz CT molecular complexity index is 1300. The van der Waals surface area contributed by atoms with Crippen molar-refractivity contribution in [2.24, 2.45) is 0 Å². The van der Waals surface area contributed by atoms with Crippen LogP contribution >= 0.6 is 11.3 Å². The van der Waals surface area contributed by atoms with Crippen LogP contribution in [0.15, 0.2) is 48.7 Å². The number of anilines is 1. The minimum atomic E-state index is -0.321. The zero-order valence-electron chi connectivity index (χ0n) is 17.9. The maximum absolute atomic E-state index is 13.2. The molecule has 0 aliphatic carbocycles. The maximum atomic E-state index is 13.2. The summed E-state index contributed by atoms with van der Waals surface area (Å²) in [5.74, 6) is -0.399. The largest absolute Gasteiger partial charge is 0.332 e. The van der Waals surface area contributed by atoms with Crippen LogP contribution in [-0.4, -0.2) is 45.1 Å². The summed E-state index contributed by atoms with van der Waals surface area (Å²) in [4.78, 5) is 32.2. The molecule has 0 fully saturated rings. The van der Waals surface area contributed by atoms with Crippen LogP contribution in [0.1, 0.15) is 26.5 Å². The first-order chi connectivity index (χ1) is 15.3. The molecule has 0 unspecified atom stereocenters.